The molecule has 0 aliphatic heterocycles. The van der Waals surface area contributed by atoms with E-state index in [1.807, 2.05) is 72.8 Å². The van der Waals surface area contributed by atoms with Crippen LogP contribution in [0.5, 0.6) is 0 Å². The Labute approximate surface area is 432 Å². The lowest BCUT2D eigenvalue weighted by atomic mass is 9.98. The molecule has 1 heterocycles. The number of hydrogen-bond donors (Lipinski definition) is 0. The zero-order valence-electron chi connectivity index (χ0n) is 39.5. The average molecular weight is 1010 g/mol. The first kappa shape index (κ1) is 47.4. The molecule has 0 bridgehead atoms. The van der Waals surface area contributed by atoms with Gasteiger partial charge in [0.1, 0.15) is 0 Å². The number of nitrogens with zero attached hydrogens (tertiary/aromatic N) is 3. The molecule has 1 aromatic heterocycles. The number of nitro benzene ring substituents is 2. The Morgan fingerprint density at radius 1 is 0.397 bits per heavy atom. The molecule has 8 heteroatoms. The summed E-state index contributed by atoms with van der Waals surface area (Å²) in [5, 5.41) is 23.6. The Bertz CT molecular complexity index is 3670. The van der Waals surface area contributed by atoms with Crippen LogP contribution in [0.2, 0.25) is 0 Å². The average Bonchev–Trinajstić information content (AvgIpc) is 4.11. The lowest BCUT2D eigenvalue weighted by Gasteiger charge is -2.13. The molecule has 11 aromatic rings. The van der Waals surface area contributed by atoms with Crippen LogP contribution >= 0.6 is 15.9 Å². The molecule has 352 valence electrons. The summed E-state index contributed by atoms with van der Waals surface area (Å²) in [5.74, 6) is 0. The first-order chi connectivity index (χ1) is 35.8. The van der Waals surface area contributed by atoms with Gasteiger partial charge in [-0.3, -0.25) is 20.2 Å². The summed E-state index contributed by atoms with van der Waals surface area (Å²) in [6, 6.07) is 82.7. The molecule has 1 aliphatic rings. The van der Waals surface area contributed by atoms with E-state index < -0.39 is 0 Å². The SMILES string of the molecule is Brc1cc(-c2ccccc2)cc(-c2ccccc2)c1.O=[N+]([O-])c1ccccc1-c1ccc2c(c1)C=CC2.O=[N+]([O-])c1ccccc1-c1ccc2c(ccn2-c2cc(-c3ccccc3)cc(-c3ccccc3)c2)c1. The number of fused-ring (bicyclic) bond motifs is 2. The smallest absolute Gasteiger partial charge is 0.277 e. The highest BCUT2D eigenvalue weighted by atomic mass is 79.9. The van der Waals surface area contributed by atoms with Gasteiger partial charge >= 0.3 is 0 Å². The van der Waals surface area contributed by atoms with Crippen LogP contribution in [-0.4, -0.2) is 14.4 Å². The lowest BCUT2D eigenvalue weighted by molar-refractivity contribution is -0.384. The van der Waals surface area contributed by atoms with E-state index in [2.05, 4.69) is 178 Å². The second kappa shape index (κ2) is 21.8. The van der Waals surface area contributed by atoms with Gasteiger partial charge < -0.3 is 4.57 Å². The number of benzene rings is 10. The summed E-state index contributed by atoms with van der Waals surface area (Å²) >= 11 is 3.61. The van der Waals surface area contributed by atoms with Crippen LogP contribution in [-0.2, 0) is 6.42 Å². The molecule has 0 saturated heterocycles. The van der Waals surface area contributed by atoms with Crippen molar-refractivity contribution in [1.82, 2.24) is 4.57 Å². The molecule has 0 fully saturated rings. The maximum atomic E-state index is 11.5. The van der Waals surface area contributed by atoms with Crippen molar-refractivity contribution in [2.24, 2.45) is 0 Å². The molecule has 0 spiro atoms. The second-order valence-electron chi connectivity index (χ2n) is 17.5. The number of aromatic nitrogens is 1. The second-order valence-corrected chi connectivity index (χ2v) is 18.4. The highest BCUT2D eigenvalue weighted by molar-refractivity contribution is 9.10. The van der Waals surface area contributed by atoms with Gasteiger partial charge in [-0.2, -0.15) is 0 Å². The van der Waals surface area contributed by atoms with Gasteiger partial charge in [0.05, 0.1) is 26.5 Å². The third-order valence-corrected chi connectivity index (χ3v) is 13.3. The quantitative estimate of drug-likeness (QED) is 0.106. The topological polar surface area (TPSA) is 91.2 Å². The first-order valence-corrected chi connectivity index (χ1v) is 24.6. The standard InChI is InChI=1S/C32H22N2O2.C18H13Br.C15H11NO2/c35-34(36)32-14-8-7-13-30(32)25-15-16-31-26(19-25)17-18-33(31)29-21-27(23-9-3-1-4-10-23)20-28(22-29)24-11-5-2-6-12-24;19-18-12-16(14-7-3-1-4-8-14)11-17(13-18)15-9-5-2-6-10-15;17-16(18)15-7-2-1-6-14(15)13-9-8-11-4-3-5-12(11)10-13/h1-22H;1-13H;1-3,5-10H,4H2. The van der Waals surface area contributed by atoms with E-state index in [-0.39, 0.29) is 21.2 Å². The summed E-state index contributed by atoms with van der Waals surface area (Å²) in [6.45, 7) is 0. The summed E-state index contributed by atoms with van der Waals surface area (Å²) < 4.78 is 3.28. The molecular weight excluding hydrogens is 967 g/mol. The van der Waals surface area contributed by atoms with Crippen molar-refractivity contribution in [3.63, 3.8) is 0 Å². The van der Waals surface area contributed by atoms with Gasteiger partial charge in [-0.05, 0) is 146 Å². The minimum atomic E-state index is -0.335. The van der Waals surface area contributed by atoms with Gasteiger partial charge in [0.2, 0.25) is 0 Å². The fraction of sp³-hybridized carbons (Fsp3) is 0.0154. The molecule has 10 aromatic carbocycles. The van der Waals surface area contributed by atoms with Crippen molar-refractivity contribution in [3.05, 3.63) is 297 Å². The number of allylic oxidation sites excluding steroid dienone is 1. The van der Waals surface area contributed by atoms with E-state index in [9.17, 15) is 20.2 Å². The van der Waals surface area contributed by atoms with Gasteiger partial charge in [0.25, 0.3) is 11.4 Å². The van der Waals surface area contributed by atoms with Crippen LogP contribution < -0.4 is 0 Å². The van der Waals surface area contributed by atoms with Crippen molar-refractivity contribution in [3.8, 4) is 72.4 Å². The molecular formula is C65H46BrN3O4. The van der Waals surface area contributed by atoms with E-state index in [1.165, 1.54) is 27.8 Å². The van der Waals surface area contributed by atoms with Crippen molar-refractivity contribution in [2.45, 2.75) is 6.42 Å². The van der Waals surface area contributed by atoms with Crippen molar-refractivity contribution in [1.29, 1.82) is 0 Å². The Morgan fingerprint density at radius 2 is 0.822 bits per heavy atom. The zero-order chi connectivity index (χ0) is 50.1. The maximum absolute atomic E-state index is 11.5. The predicted molar refractivity (Wildman–Crippen MR) is 303 cm³/mol. The number of halogens is 1. The summed E-state index contributed by atoms with van der Waals surface area (Å²) in [6.07, 6.45) is 7.18. The summed E-state index contributed by atoms with van der Waals surface area (Å²) in [4.78, 5) is 21.9. The molecule has 73 heavy (non-hydrogen) atoms. The predicted octanol–water partition coefficient (Wildman–Crippen LogP) is 18.2. The zero-order valence-corrected chi connectivity index (χ0v) is 41.0. The third kappa shape index (κ3) is 10.9. The molecule has 0 atom stereocenters. The number of para-hydroxylation sites is 2. The van der Waals surface area contributed by atoms with E-state index in [0.29, 0.717) is 11.1 Å². The van der Waals surface area contributed by atoms with Crippen LogP contribution in [0.1, 0.15) is 11.1 Å². The molecule has 0 amide bonds. The molecule has 0 radical (unpaired) electrons. The van der Waals surface area contributed by atoms with Gasteiger partial charge in [-0.1, -0.05) is 192 Å². The van der Waals surface area contributed by atoms with Crippen LogP contribution in [0.4, 0.5) is 11.4 Å². The number of hydrogen-bond acceptors (Lipinski definition) is 4. The van der Waals surface area contributed by atoms with E-state index in [1.54, 1.807) is 36.4 Å². The van der Waals surface area contributed by atoms with Crippen LogP contribution in [0.3, 0.4) is 0 Å². The molecule has 0 N–H and O–H groups in total. The number of nitro groups is 2. The molecule has 7 nitrogen and oxygen atoms in total. The monoisotopic (exact) mass is 1010 g/mol. The Kier molecular flexibility index (Phi) is 14.2. The fourth-order valence-corrected chi connectivity index (χ4v) is 9.73. The molecule has 12 rings (SSSR count). The van der Waals surface area contributed by atoms with Crippen molar-refractivity contribution in [2.75, 3.05) is 0 Å². The maximum Gasteiger partial charge on any atom is 0.277 e. The Morgan fingerprint density at radius 3 is 1.30 bits per heavy atom. The first-order valence-electron chi connectivity index (χ1n) is 23.8. The van der Waals surface area contributed by atoms with Crippen LogP contribution in [0.15, 0.2) is 265 Å². The molecule has 0 saturated carbocycles. The van der Waals surface area contributed by atoms with Gasteiger partial charge in [0.15, 0.2) is 0 Å². The molecule has 1 aliphatic carbocycles. The van der Waals surface area contributed by atoms with E-state index in [0.717, 1.165) is 66.4 Å². The van der Waals surface area contributed by atoms with Crippen molar-refractivity contribution >= 4 is 44.3 Å². The fourth-order valence-electron chi connectivity index (χ4n) is 9.23. The minimum absolute atomic E-state index is 0.111. The minimum Gasteiger partial charge on any atom is -0.317 e. The summed E-state index contributed by atoms with van der Waals surface area (Å²) in [7, 11) is 0. The van der Waals surface area contributed by atoms with Gasteiger partial charge in [0, 0.05) is 33.9 Å². The largest absolute Gasteiger partial charge is 0.317 e. The normalized spacial score (nSPS) is 11.2. The van der Waals surface area contributed by atoms with Gasteiger partial charge in [-0.15, -0.1) is 0 Å². The van der Waals surface area contributed by atoms with Crippen LogP contribution in [0, 0.1) is 20.2 Å². The van der Waals surface area contributed by atoms with Gasteiger partial charge in [-0.25, -0.2) is 0 Å². The third-order valence-electron chi connectivity index (χ3n) is 12.8. The highest BCUT2D eigenvalue weighted by Crippen LogP contribution is 2.37. The van der Waals surface area contributed by atoms with E-state index in [4.69, 9.17) is 0 Å². The van der Waals surface area contributed by atoms with E-state index >= 15 is 0 Å². The lowest BCUT2D eigenvalue weighted by Crippen LogP contribution is -1.95. The Hall–Kier alpha value is -9.24. The number of rotatable bonds is 9. The van der Waals surface area contributed by atoms with Crippen molar-refractivity contribution < 1.29 is 9.85 Å². The summed E-state index contributed by atoms with van der Waals surface area (Å²) in [5.41, 5.74) is 17.4. The molecule has 0 unspecified atom stereocenters. The highest BCUT2D eigenvalue weighted by Gasteiger charge is 2.18. The Balaban J connectivity index is 0.000000139. The van der Waals surface area contributed by atoms with Crippen LogP contribution in [0.25, 0.3) is 89.4 Å².